The van der Waals surface area contributed by atoms with Gasteiger partial charge in [0, 0.05) is 23.3 Å². The quantitative estimate of drug-likeness (QED) is 0.787. The van der Waals surface area contributed by atoms with Crippen LogP contribution in [0.1, 0.15) is 12.8 Å². The van der Waals surface area contributed by atoms with Gasteiger partial charge in [-0.1, -0.05) is 0 Å². The Labute approximate surface area is 133 Å². The molecule has 9 heteroatoms. The van der Waals surface area contributed by atoms with Gasteiger partial charge in [-0.15, -0.1) is 0 Å². The largest absolute Gasteiger partial charge is 0.315 e. The molecule has 0 aromatic heterocycles. The van der Waals surface area contributed by atoms with Crippen molar-refractivity contribution in [3.05, 3.63) is 22.7 Å². The smallest absolute Gasteiger partial charge is 0.241 e. The van der Waals surface area contributed by atoms with E-state index in [1.807, 2.05) is 0 Å². The van der Waals surface area contributed by atoms with Crippen molar-refractivity contribution >= 4 is 35.8 Å². The van der Waals surface area contributed by atoms with Crippen LogP contribution in [0.3, 0.4) is 0 Å². The molecule has 1 aliphatic rings. The molecule has 0 aliphatic carbocycles. The molecule has 0 amide bonds. The molecule has 0 spiro atoms. The van der Waals surface area contributed by atoms with Gasteiger partial charge in [0.05, 0.1) is 9.79 Å². The first-order valence-electron chi connectivity index (χ1n) is 6.43. The van der Waals surface area contributed by atoms with Gasteiger partial charge >= 0.3 is 0 Å². The van der Waals surface area contributed by atoms with E-state index in [0.717, 1.165) is 25.6 Å². The van der Waals surface area contributed by atoms with E-state index < -0.39 is 19.9 Å². The standard InChI is InChI=1S/C12H17BrN2O4S2/c1-20(16,17)10-4-5-12(11(13)7-10)21(18,19)15-9-3-2-6-14-8-9/h4-5,7,9,14-15H,2-3,6,8H2,1H3/t9-/m1/s1. The minimum atomic E-state index is -3.68. The summed E-state index contributed by atoms with van der Waals surface area (Å²) in [7, 11) is -7.05. The molecule has 1 atom stereocenters. The monoisotopic (exact) mass is 396 g/mol. The van der Waals surface area contributed by atoms with Crippen molar-refractivity contribution in [2.75, 3.05) is 19.3 Å². The van der Waals surface area contributed by atoms with Gasteiger partial charge in [0.25, 0.3) is 0 Å². The summed E-state index contributed by atoms with van der Waals surface area (Å²) in [6.07, 6.45) is 2.78. The van der Waals surface area contributed by atoms with E-state index in [9.17, 15) is 16.8 Å². The van der Waals surface area contributed by atoms with E-state index in [-0.39, 0.29) is 20.3 Å². The fourth-order valence-corrected chi connectivity index (χ4v) is 5.31. The van der Waals surface area contributed by atoms with E-state index in [2.05, 4.69) is 26.0 Å². The summed E-state index contributed by atoms with van der Waals surface area (Å²) in [4.78, 5) is 0.119. The molecule has 1 aromatic carbocycles. The fraction of sp³-hybridized carbons (Fsp3) is 0.500. The number of piperidine rings is 1. The number of halogens is 1. The van der Waals surface area contributed by atoms with E-state index in [1.165, 1.54) is 18.2 Å². The Kier molecular flexibility index (Phi) is 5.09. The molecular formula is C12H17BrN2O4S2. The second-order valence-corrected chi connectivity index (χ2v) is 9.58. The van der Waals surface area contributed by atoms with Crippen LogP contribution in [-0.2, 0) is 19.9 Å². The van der Waals surface area contributed by atoms with Crippen molar-refractivity contribution in [1.29, 1.82) is 0 Å². The second-order valence-electron chi connectivity index (χ2n) is 5.03. The first kappa shape index (κ1) is 16.9. The topological polar surface area (TPSA) is 92.3 Å². The maximum Gasteiger partial charge on any atom is 0.241 e. The Morgan fingerprint density at radius 1 is 1.29 bits per heavy atom. The highest BCUT2D eigenvalue weighted by molar-refractivity contribution is 9.10. The molecule has 2 N–H and O–H groups in total. The van der Waals surface area contributed by atoms with Crippen LogP contribution in [0, 0.1) is 0 Å². The third-order valence-corrected chi connectivity index (χ3v) is 6.85. The van der Waals surface area contributed by atoms with E-state index >= 15 is 0 Å². The Morgan fingerprint density at radius 3 is 2.52 bits per heavy atom. The molecule has 1 aliphatic heterocycles. The molecule has 6 nitrogen and oxygen atoms in total. The van der Waals surface area contributed by atoms with Crippen LogP contribution in [-0.4, -0.2) is 42.2 Å². The highest BCUT2D eigenvalue weighted by Gasteiger charge is 2.24. The molecule has 0 bridgehead atoms. The SMILES string of the molecule is CS(=O)(=O)c1ccc(S(=O)(=O)N[C@@H]2CCCNC2)c(Br)c1. The van der Waals surface area contributed by atoms with Crippen molar-refractivity contribution in [1.82, 2.24) is 10.0 Å². The van der Waals surface area contributed by atoms with Gasteiger partial charge in [0.2, 0.25) is 10.0 Å². The first-order valence-corrected chi connectivity index (χ1v) is 10.6. The van der Waals surface area contributed by atoms with Crippen LogP contribution >= 0.6 is 15.9 Å². The van der Waals surface area contributed by atoms with Crippen LogP contribution < -0.4 is 10.0 Å². The summed E-state index contributed by atoms with van der Waals surface area (Å²) in [6.45, 7) is 1.49. The zero-order valence-corrected chi connectivity index (χ0v) is 14.7. The van der Waals surface area contributed by atoms with Crippen molar-refractivity contribution in [3.63, 3.8) is 0 Å². The van der Waals surface area contributed by atoms with Gasteiger partial charge < -0.3 is 5.32 Å². The molecule has 0 saturated carbocycles. The Bertz CT molecular complexity index is 726. The first-order chi connectivity index (χ1) is 9.70. The highest BCUT2D eigenvalue weighted by Crippen LogP contribution is 2.25. The number of hydrogen-bond acceptors (Lipinski definition) is 5. The third kappa shape index (κ3) is 4.26. The molecule has 1 aromatic rings. The summed E-state index contributed by atoms with van der Waals surface area (Å²) >= 11 is 3.14. The minimum Gasteiger partial charge on any atom is -0.315 e. The lowest BCUT2D eigenvalue weighted by Crippen LogP contribution is -2.45. The lowest BCUT2D eigenvalue weighted by Gasteiger charge is -2.23. The van der Waals surface area contributed by atoms with Crippen molar-refractivity contribution in [2.45, 2.75) is 28.7 Å². The van der Waals surface area contributed by atoms with Crippen molar-refractivity contribution in [3.8, 4) is 0 Å². The van der Waals surface area contributed by atoms with Gasteiger partial charge in [-0.05, 0) is 53.5 Å². The summed E-state index contributed by atoms with van der Waals surface area (Å²) < 4.78 is 50.5. The molecule has 1 saturated heterocycles. The predicted molar refractivity (Wildman–Crippen MR) is 83.5 cm³/mol. The number of rotatable bonds is 4. The Hall–Kier alpha value is -0.480. The number of sulfonamides is 1. The van der Waals surface area contributed by atoms with Crippen molar-refractivity contribution < 1.29 is 16.8 Å². The van der Waals surface area contributed by atoms with E-state index in [1.54, 1.807) is 0 Å². The summed E-state index contributed by atoms with van der Waals surface area (Å²) in [6, 6.07) is 3.76. The lowest BCUT2D eigenvalue weighted by molar-refractivity contribution is 0.428. The van der Waals surface area contributed by atoms with E-state index in [4.69, 9.17) is 0 Å². The van der Waals surface area contributed by atoms with Gasteiger partial charge in [0.1, 0.15) is 0 Å². The van der Waals surface area contributed by atoms with E-state index in [0.29, 0.717) is 6.54 Å². The van der Waals surface area contributed by atoms with Crippen LogP contribution in [0.25, 0.3) is 0 Å². The zero-order valence-electron chi connectivity index (χ0n) is 11.5. The maximum absolute atomic E-state index is 12.4. The van der Waals surface area contributed by atoms with Crippen molar-refractivity contribution in [2.24, 2.45) is 0 Å². The third-order valence-electron chi connectivity index (χ3n) is 3.24. The van der Waals surface area contributed by atoms with Gasteiger partial charge in [0.15, 0.2) is 9.84 Å². The summed E-state index contributed by atoms with van der Waals surface area (Å²) in [5.41, 5.74) is 0. The lowest BCUT2D eigenvalue weighted by atomic mass is 10.1. The average molecular weight is 397 g/mol. The fourth-order valence-electron chi connectivity index (χ4n) is 2.17. The summed E-state index contributed by atoms with van der Waals surface area (Å²) in [5.74, 6) is 0. The minimum absolute atomic E-state index is 0.0421. The highest BCUT2D eigenvalue weighted by atomic mass is 79.9. The summed E-state index contributed by atoms with van der Waals surface area (Å²) in [5, 5.41) is 3.13. The molecular weight excluding hydrogens is 380 g/mol. The Balaban J connectivity index is 2.28. The molecule has 1 heterocycles. The molecule has 1 fully saturated rings. The van der Waals surface area contributed by atoms with Crippen LogP contribution in [0.15, 0.2) is 32.5 Å². The average Bonchev–Trinajstić information content (AvgIpc) is 2.37. The molecule has 21 heavy (non-hydrogen) atoms. The molecule has 118 valence electrons. The van der Waals surface area contributed by atoms with Crippen LogP contribution in [0.5, 0.6) is 0 Å². The van der Waals surface area contributed by atoms with Gasteiger partial charge in [-0.25, -0.2) is 21.6 Å². The predicted octanol–water partition coefficient (Wildman–Crippen LogP) is 0.883. The normalized spacial score (nSPS) is 20.4. The number of sulfone groups is 1. The van der Waals surface area contributed by atoms with Crippen LogP contribution in [0.2, 0.25) is 0 Å². The van der Waals surface area contributed by atoms with Gasteiger partial charge in [-0.2, -0.15) is 0 Å². The zero-order chi connectivity index (χ0) is 15.7. The molecule has 2 rings (SSSR count). The second kappa shape index (κ2) is 6.33. The van der Waals surface area contributed by atoms with Crippen LogP contribution in [0.4, 0.5) is 0 Å². The van der Waals surface area contributed by atoms with Gasteiger partial charge in [-0.3, -0.25) is 0 Å². The number of nitrogens with one attached hydrogen (secondary N) is 2. The number of hydrogen-bond donors (Lipinski definition) is 2. The number of benzene rings is 1. The molecule has 0 unspecified atom stereocenters. The molecule has 0 radical (unpaired) electrons. The maximum atomic E-state index is 12.4. The Morgan fingerprint density at radius 2 is 2.00 bits per heavy atom.